The van der Waals surface area contributed by atoms with Gasteiger partial charge in [-0.05, 0) is 24.5 Å². The molecule has 0 heterocycles. The van der Waals surface area contributed by atoms with Gasteiger partial charge in [0.25, 0.3) is 0 Å². The lowest BCUT2D eigenvalue weighted by Gasteiger charge is -2.21. The molecule has 0 aromatic heterocycles. The Labute approximate surface area is 142 Å². The first-order chi connectivity index (χ1) is 11.5. The minimum Gasteiger partial charge on any atom is -0.481 e. The van der Waals surface area contributed by atoms with E-state index in [9.17, 15) is 14.4 Å². The summed E-state index contributed by atoms with van der Waals surface area (Å²) in [5, 5.41) is 11.6. The zero-order valence-corrected chi connectivity index (χ0v) is 14.4. The van der Waals surface area contributed by atoms with E-state index in [4.69, 9.17) is 5.11 Å². The summed E-state index contributed by atoms with van der Waals surface area (Å²) in [6.07, 6.45) is 1.87. The van der Waals surface area contributed by atoms with E-state index in [-0.39, 0.29) is 31.1 Å². The molecule has 0 aliphatic heterocycles. The van der Waals surface area contributed by atoms with E-state index in [1.165, 1.54) is 0 Å². The van der Waals surface area contributed by atoms with E-state index >= 15 is 0 Å². The molecule has 2 amide bonds. The van der Waals surface area contributed by atoms with Crippen LogP contribution >= 0.6 is 0 Å². The van der Waals surface area contributed by atoms with Crippen molar-refractivity contribution in [2.75, 3.05) is 18.4 Å². The maximum atomic E-state index is 12.2. The van der Waals surface area contributed by atoms with Crippen molar-refractivity contribution < 1.29 is 19.5 Å². The molecule has 0 fully saturated rings. The van der Waals surface area contributed by atoms with Gasteiger partial charge in [0.2, 0.25) is 11.8 Å². The molecule has 1 rings (SSSR count). The Morgan fingerprint density at radius 3 is 2.25 bits per heavy atom. The minimum atomic E-state index is -0.957. The summed E-state index contributed by atoms with van der Waals surface area (Å²) in [5.74, 6) is -1.26. The Hall–Kier alpha value is -2.37. The second-order valence-corrected chi connectivity index (χ2v) is 5.66. The first kappa shape index (κ1) is 19.7. The lowest BCUT2D eigenvalue weighted by atomic mass is 10.1. The molecule has 132 valence electrons. The van der Waals surface area contributed by atoms with Crippen molar-refractivity contribution in [2.45, 2.75) is 46.0 Å². The van der Waals surface area contributed by atoms with Crippen molar-refractivity contribution in [3.8, 4) is 0 Å². The van der Waals surface area contributed by atoms with Gasteiger partial charge in [0.1, 0.15) is 0 Å². The van der Waals surface area contributed by atoms with Crippen LogP contribution in [-0.2, 0) is 20.8 Å². The number of carboxylic acids is 1. The van der Waals surface area contributed by atoms with Crippen LogP contribution in [0.4, 0.5) is 5.69 Å². The van der Waals surface area contributed by atoms with Crippen LogP contribution in [0.5, 0.6) is 0 Å². The molecule has 0 atom stereocenters. The highest BCUT2D eigenvalue weighted by Crippen LogP contribution is 2.16. The molecule has 1 aromatic carbocycles. The first-order valence-electron chi connectivity index (χ1n) is 8.35. The Morgan fingerprint density at radius 2 is 1.67 bits per heavy atom. The zero-order chi connectivity index (χ0) is 17.9. The SMILES string of the molecule is CCCN(CCC)C(=O)CCC(=O)Nc1ccccc1CC(=O)O. The Bertz CT molecular complexity index is 566. The van der Waals surface area contributed by atoms with Gasteiger partial charge in [-0.1, -0.05) is 32.0 Å². The van der Waals surface area contributed by atoms with Crippen LogP contribution in [0.2, 0.25) is 0 Å². The molecule has 1 aromatic rings. The summed E-state index contributed by atoms with van der Waals surface area (Å²) in [7, 11) is 0. The third-order valence-electron chi connectivity index (χ3n) is 3.54. The van der Waals surface area contributed by atoms with E-state index in [1.807, 2.05) is 13.8 Å². The number of aliphatic carboxylic acids is 1. The van der Waals surface area contributed by atoms with E-state index < -0.39 is 5.97 Å². The van der Waals surface area contributed by atoms with Crippen molar-refractivity contribution in [3.05, 3.63) is 29.8 Å². The number of para-hydroxylation sites is 1. The van der Waals surface area contributed by atoms with Crippen LogP contribution in [0.15, 0.2) is 24.3 Å². The topological polar surface area (TPSA) is 86.7 Å². The molecule has 0 spiro atoms. The molecule has 0 saturated carbocycles. The number of nitrogens with one attached hydrogen (secondary N) is 1. The predicted octanol–water partition coefficient (Wildman–Crippen LogP) is 2.68. The van der Waals surface area contributed by atoms with Crippen LogP contribution in [0.25, 0.3) is 0 Å². The van der Waals surface area contributed by atoms with Crippen LogP contribution in [0, 0.1) is 0 Å². The van der Waals surface area contributed by atoms with Crippen molar-refractivity contribution in [1.29, 1.82) is 0 Å². The van der Waals surface area contributed by atoms with Gasteiger partial charge in [-0.3, -0.25) is 14.4 Å². The number of carbonyl (C=O) groups excluding carboxylic acids is 2. The normalized spacial score (nSPS) is 10.2. The number of amides is 2. The molecule has 0 aliphatic rings. The standard InChI is InChI=1S/C18H26N2O4/c1-3-11-20(12-4-2)17(22)10-9-16(21)19-15-8-6-5-7-14(15)13-18(23)24/h5-8H,3-4,9-13H2,1-2H3,(H,19,21)(H,23,24). The lowest BCUT2D eigenvalue weighted by Crippen LogP contribution is -2.33. The van der Waals surface area contributed by atoms with Crippen molar-refractivity contribution in [2.24, 2.45) is 0 Å². The van der Waals surface area contributed by atoms with Gasteiger partial charge in [-0.15, -0.1) is 0 Å². The first-order valence-corrected chi connectivity index (χ1v) is 8.35. The lowest BCUT2D eigenvalue weighted by molar-refractivity contribution is -0.136. The average Bonchev–Trinajstić information content (AvgIpc) is 2.54. The van der Waals surface area contributed by atoms with Gasteiger partial charge >= 0.3 is 5.97 Å². The van der Waals surface area contributed by atoms with Crippen molar-refractivity contribution in [1.82, 2.24) is 4.90 Å². The summed E-state index contributed by atoms with van der Waals surface area (Å²) in [6, 6.07) is 6.79. The molecule has 0 aliphatic carbocycles. The number of hydrogen-bond acceptors (Lipinski definition) is 3. The van der Waals surface area contributed by atoms with Gasteiger partial charge in [0.15, 0.2) is 0 Å². The fourth-order valence-corrected chi connectivity index (χ4v) is 2.45. The largest absolute Gasteiger partial charge is 0.481 e. The third-order valence-corrected chi connectivity index (χ3v) is 3.54. The van der Waals surface area contributed by atoms with Gasteiger partial charge in [0.05, 0.1) is 6.42 Å². The molecule has 0 unspecified atom stereocenters. The summed E-state index contributed by atoms with van der Waals surface area (Å²) in [5.41, 5.74) is 1.03. The molecule has 6 heteroatoms. The Morgan fingerprint density at radius 1 is 1.04 bits per heavy atom. The number of nitrogens with zero attached hydrogens (tertiary/aromatic N) is 1. The quantitative estimate of drug-likeness (QED) is 0.689. The number of carbonyl (C=O) groups is 3. The smallest absolute Gasteiger partial charge is 0.307 e. The minimum absolute atomic E-state index is 0.0207. The van der Waals surface area contributed by atoms with Gasteiger partial charge in [-0.2, -0.15) is 0 Å². The maximum Gasteiger partial charge on any atom is 0.307 e. The molecule has 0 bridgehead atoms. The summed E-state index contributed by atoms with van der Waals surface area (Å²) in [4.78, 5) is 36.9. The summed E-state index contributed by atoms with van der Waals surface area (Å²) in [6.45, 7) is 5.44. The third kappa shape index (κ3) is 6.81. The Kier molecular flexibility index (Phi) is 8.54. The van der Waals surface area contributed by atoms with Gasteiger partial charge in [-0.25, -0.2) is 0 Å². The molecular weight excluding hydrogens is 308 g/mol. The van der Waals surface area contributed by atoms with Crippen LogP contribution in [-0.4, -0.2) is 40.9 Å². The molecule has 0 radical (unpaired) electrons. The summed E-state index contributed by atoms with van der Waals surface area (Å²) >= 11 is 0. The predicted molar refractivity (Wildman–Crippen MR) is 92.8 cm³/mol. The van der Waals surface area contributed by atoms with Crippen molar-refractivity contribution in [3.63, 3.8) is 0 Å². The van der Waals surface area contributed by atoms with Crippen LogP contribution in [0.1, 0.15) is 45.1 Å². The number of carboxylic acid groups (broad SMARTS) is 1. The zero-order valence-electron chi connectivity index (χ0n) is 14.4. The molecule has 2 N–H and O–H groups in total. The fourth-order valence-electron chi connectivity index (χ4n) is 2.45. The Balaban J connectivity index is 2.57. The monoisotopic (exact) mass is 334 g/mol. The molecular formula is C18H26N2O4. The van der Waals surface area contributed by atoms with Gasteiger partial charge < -0.3 is 15.3 Å². The second-order valence-electron chi connectivity index (χ2n) is 5.66. The molecule has 6 nitrogen and oxygen atoms in total. The average molecular weight is 334 g/mol. The van der Waals surface area contributed by atoms with Gasteiger partial charge in [0, 0.05) is 31.6 Å². The number of anilines is 1. The number of benzene rings is 1. The number of hydrogen-bond donors (Lipinski definition) is 2. The highest BCUT2D eigenvalue weighted by molar-refractivity contribution is 5.94. The van der Waals surface area contributed by atoms with E-state index in [0.29, 0.717) is 24.3 Å². The molecule has 24 heavy (non-hydrogen) atoms. The van der Waals surface area contributed by atoms with Crippen LogP contribution in [0.3, 0.4) is 0 Å². The van der Waals surface area contributed by atoms with Crippen molar-refractivity contribution >= 4 is 23.5 Å². The maximum absolute atomic E-state index is 12.2. The van der Waals surface area contributed by atoms with E-state index in [2.05, 4.69) is 5.32 Å². The molecule has 0 saturated heterocycles. The van der Waals surface area contributed by atoms with E-state index in [1.54, 1.807) is 29.2 Å². The highest BCUT2D eigenvalue weighted by atomic mass is 16.4. The number of rotatable bonds is 10. The van der Waals surface area contributed by atoms with E-state index in [0.717, 1.165) is 12.8 Å². The highest BCUT2D eigenvalue weighted by Gasteiger charge is 2.15. The van der Waals surface area contributed by atoms with Crippen LogP contribution < -0.4 is 5.32 Å². The second kappa shape index (κ2) is 10.4. The fraction of sp³-hybridized carbons (Fsp3) is 0.500. The summed E-state index contributed by atoms with van der Waals surface area (Å²) < 4.78 is 0.